The van der Waals surface area contributed by atoms with Crippen LogP contribution in [-0.2, 0) is 6.42 Å². The molecular formula is C12H16O. The van der Waals surface area contributed by atoms with E-state index < -0.39 is 0 Å². The van der Waals surface area contributed by atoms with Crippen LogP contribution < -0.4 is 0 Å². The molecule has 0 aliphatic heterocycles. The van der Waals surface area contributed by atoms with Crippen molar-refractivity contribution < 1.29 is 5.11 Å². The van der Waals surface area contributed by atoms with E-state index in [-0.39, 0.29) is 6.10 Å². The summed E-state index contributed by atoms with van der Waals surface area (Å²) in [5, 5.41) is 9.87. The van der Waals surface area contributed by atoms with E-state index in [9.17, 15) is 5.11 Å². The molecule has 0 saturated carbocycles. The van der Waals surface area contributed by atoms with E-state index in [0.29, 0.717) is 5.92 Å². The second-order valence-corrected chi connectivity index (χ2v) is 4.26. The Kier molecular flexibility index (Phi) is 1.92. The molecule has 0 spiro atoms. The van der Waals surface area contributed by atoms with Gasteiger partial charge in [-0.05, 0) is 48.4 Å². The third-order valence-electron chi connectivity index (χ3n) is 3.16. The molecule has 13 heavy (non-hydrogen) atoms. The van der Waals surface area contributed by atoms with Gasteiger partial charge in [-0.1, -0.05) is 19.1 Å². The number of aryl methyl sites for hydroxylation is 2. The Labute approximate surface area is 79.4 Å². The Hall–Kier alpha value is -0.820. The third-order valence-corrected chi connectivity index (χ3v) is 3.16. The molecule has 1 aliphatic carbocycles. The molecule has 1 aromatic carbocycles. The fourth-order valence-corrected chi connectivity index (χ4v) is 2.12. The highest BCUT2D eigenvalue weighted by Gasteiger charge is 2.27. The van der Waals surface area contributed by atoms with E-state index >= 15 is 0 Å². The fourth-order valence-electron chi connectivity index (χ4n) is 2.12. The van der Waals surface area contributed by atoms with Crippen LogP contribution >= 0.6 is 0 Å². The van der Waals surface area contributed by atoms with Crippen molar-refractivity contribution in [2.75, 3.05) is 0 Å². The van der Waals surface area contributed by atoms with Gasteiger partial charge in [0.2, 0.25) is 0 Å². The van der Waals surface area contributed by atoms with Gasteiger partial charge in [-0.3, -0.25) is 0 Å². The third kappa shape index (κ3) is 1.28. The Morgan fingerprint density at radius 2 is 1.85 bits per heavy atom. The lowest BCUT2D eigenvalue weighted by molar-refractivity contribution is 0.133. The number of hydrogen-bond donors (Lipinski definition) is 1. The fraction of sp³-hybridized carbons (Fsp3) is 0.500. The Morgan fingerprint density at radius 3 is 2.54 bits per heavy atom. The van der Waals surface area contributed by atoms with Gasteiger partial charge in [0.1, 0.15) is 0 Å². The molecular weight excluding hydrogens is 160 g/mol. The van der Waals surface area contributed by atoms with Crippen LogP contribution in [0.1, 0.15) is 35.3 Å². The second kappa shape index (κ2) is 2.85. The van der Waals surface area contributed by atoms with Crippen molar-refractivity contribution in [2.45, 2.75) is 33.3 Å². The summed E-state index contributed by atoms with van der Waals surface area (Å²) in [5.41, 5.74) is 5.10. The van der Waals surface area contributed by atoms with Crippen LogP contribution in [0.3, 0.4) is 0 Å². The lowest BCUT2D eigenvalue weighted by Gasteiger charge is -2.09. The molecule has 0 saturated heterocycles. The highest BCUT2D eigenvalue weighted by molar-refractivity contribution is 5.41. The van der Waals surface area contributed by atoms with E-state index in [2.05, 4.69) is 32.9 Å². The standard InChI is InChI=1S/C12H16O/c1-7-4-10-5-9(3)12(13)11(10)6-8(7)2/h4,6,9,12-13H,5H2,1-3H3. The zero-order chi connectivity index (χ0) is 9.59. The molecule has 0 radical (unpaired) electrons. The maximum absolute atomic E-state index is 9.87. The molecule has 0 fully saturated rings. The van der Waals surface area contributed by atoms with Crippen molar-refractivity contribution in [3.63, 3.8) is 0 Å². The lowest BCUT2D eigenvalue weighted by Crippen LogP contribution is -2.01. The molecule has 2 rings (SSSR count). The number of hydrogen-bond acceptors (Lipinski definition) is 1. The van der Waals surface area contributed by atoms with Crippen LogP contribution in [0.25, 0.3) is 0 Å². The van der Waals surface area contributed by atoms with Crippen molar-refractivity contribution >= 4 is 0 Å². The maximum Gasteiger partial charge on any atom is 0.0821 e. The molecule has 1 N–H and O–H groups in total. The number of aliphatic hydroxyl groups excluding tert-OH is 1. The van der Waals surface area contributed by atoms with Gasteiger partial charge in [0.05, 0.1) is 6.10 Å². The Morgan fingerprint density at radius 1 is 1.23 bits per heavy atom. The Bertz CT molecular complexity index is 341. The molecule has 0 aromatic heterocycles. The molecule has 1 aromatic rings. The summed E-state index contributed by atoms with van der Waals surface area (Å²) in [6, 6.07) is 4.36. The van der Waals surface area contributed by atoms with Crippen LogP contribution in [-0.4, -0.2) is 5.11 Å². The molecule has 70 valence electrons. The predicted octanol–water partition coefficient (Wildman–Crippen LogP) is 2.53. The summed E-state index contributed by atoms with van der Waals surface area (Å²) in [7, 11) is 0. The molecule has 1 aliphatic rings. The average Bonchev–Trinajstić information content (AvgIpc) is 2.32. The zero-order valence-corrected chi connectivity index (χ0v) is 8.46. The molecule has 1 nitrogen and oxygen atoms in total. The molecule has 0 bridgehead atoms. The largest absolute Gasteiger partial charge is 0.388 e. The predicted molar refractivity (Wildman–Crippen MR) is 53.7 cm³/mol. The van der Waals surface area contributed by atoms with Gasteiger partial charge in [0, 0.05) is 0 Å². The van der Waals surface area contributed by atoms with Crippen molar-refractivity contribution in [1.82, 2.24) is 0 Å². The summed E-state index contributed by atoms with van der Waals surface area (Å²) in [5.74, 6) is 0.385. The zero-order valence-electron chi connectivity index (χ0n) is 8.46. The van der Waals surface area contributed by atoms with Gasteiger partial charge < -0.3 is 5.11 Å². The Balaban J connectivity index is 2.53. The highest BCUT2D eigenvalue weighted by atomic mass is 16.3. The normalized spacial score (nSPS) is 26.2. The highest BCUT2D eigenvalue weighted by Crippen LogP contribution is 2.36. The monoisotopic (exact) mass is 176 g/mol. The SMILES string of the molecule is Cc1cc2c(cc1C)C(O)C(C)C2. The van der Waals surface area contributed by atoms with Crippen LogP contribution in [0.4, 0.5) is 0 Å². The summed E-state index contributed by atoms with van der Waals surface area (Å²) < 4.78 is 0. The van der Waals surface area contributed by atoms with E-state index in [1.54, 1.807) is 0 Å². The second-order valence-electron chi connectivity index (χ2n) is 4.26. The van der Waals surface area contributed by atoms with Crippen molar-refractivity contribution in [2.24, 2.45) is 5.92 Å². The first-order valence-corrected chi connectivity index (χ1v) is 4.87. The molecule has 2 atom stereocenters. The summed E-state index contributed by atoms with van der Waals surface area (Å²) in [6.07, 6.45) is 0.784. The lowest BCUT2D eigenvalue weighted by atomic mass is 10.0. The summed E-state index contributed by atoms with van der Waals surface area (Å²) in [6.45, 7) is 6.34. The minimum atomic E-state index is -0.241. The molecule has 2 unspecified atom stereocenters. The quantitative estimate of drug-likeness (QED) is 0.644. The maximum atomic E-state index is 9.87. The van der Waals surface area contributed by atoms with Crippen LogP contribution in [0.5, 0.6) is 0 Å². The minimum Gasteiger partial charge on any atom is -0.388 e. The first-order chi connectivity index (χ1) is 6.09. The van der Waals surface area contributed by atoms with E-state index in [0.717, 1.165) is 12.0 Å². The van der Waals surface area contributed by atoms with Gasteiger partial charge in [-0.25, -0.2) is 0 Å². The van der Waals surface area contributed by atoms with E-state index in [1.807, 2.05) is 0 Å². The smallest absolute Gasteiger partial charge is 0.0821 e. The number of rotatable bonds is 0. The average molecular weight is 176 g/mol. The summed E-state index contributed by atoms with van der Waals surface area (Å²) >= 11 is 0. The minimum absolute atomic E-state index is 0.241. The first kappa shape index (κ1) is 8.76. The van der Waals surface area contributed by atoms with Crippen molar-refractivity contribution in [3.8, 4) is 0 Å². The van der Waals surface area contributed by atoms with Gasteiger partial charge >= 0.3 is 0 Å². The van der Waals surface area contributed by atoms with Crippen LogP contribution in [0, 0.1) is 19.8 Å². The van der Waals surface area contributed by atoms with Crippen LogP contribution in [0.15, 0.2) is 12.1 Å². The molecule has 0 amide bonds. The van der Waals surface area contributed by atoms with Gasteiger partial charge in [-0.2, -0.15) is 0 Å². The van der Waals surface area contributed by atoms with Gasteiger partial charge in [-0.15, -0.1) is 0 Å². The molecule has 1 heteroatoms. The van der Waals surface area contributed by atoms with E-state index in [4.69, 9.17) is 0 Å². The van der Waals surface area contributed by atoms with Gasteiger partial charge in [0.15, 0.2) is 0 Å². The number of benzene rings is 1. The van der Waals surface area contributed by atoms with Crippen LogP contribution in [0.2, 0.25) is 0 Å². The van der Waals surface area contributed by atoms with Gasteiger partial charge in [0.25, 0.3) is 0 Å². The van der Waals surface area contributed by atoms with Crippen molar-refractivity contribution in [3.05, 3.63) is 34.4 Å². The number of aliphatic hydroxyl groups is 1. The topological polar surface area (TPSA) is 20.2 Å². The van der Waals surface area contributed by atoms with Crippen molar-refractivity contribution in [1.29, 1.82) is 0 Å². The molecule has 0 heterocycles. The summed E-state index contributed by atoms with van der Waals surface area (Å²) in [4.78, 5) is 0. The van der Waals surface area contributed by atoms with E-state index in [1.165, 1.54) is 16.7 Å². The first-order valence-electron chi connectivity index (χ1n) is 4.87. The number of fused-ring (bicyclic) bond motifs is 1.